The number of thiophene rings is 1. The number of hydrogen-bond donors (Lipinski definition) is 2. The second-order valence-electron chi connectivity index (χ2n) is 4.57. The van der Waals surface area contributed by atoms with Crippen LogP contribution < -0.4 is 5.32 Å². The van der Waals surface area contributed by atoms with Gasteiger partial charge in [0.15, 0.2) is 0 Å². The van der Waals surface area contributed by atoms with Crippen molar-refractivity contribution in [1.29, 1.82) is 0 Å². The Hall–Kier alpha value is -0.680. The second-order valence-corrected chi connectivity index (χ2v) is 6.76. The van der Waals surface area contributed by atoms with Crippen LogP contribution in [0.2, 0.25) is 0 Å². The third kappa shape index (κ3) is 4.42. The maximum absolute atomic E-state index is 9.46. The Labute approximate surface area is 126 Å². The molecule has 0 fully saturated rings. The van der Waals surface area contributed by atoms with Crippen molar-refractivity contribution in [2.75, 3.05) is 6.61 Å². The van der Waals surface area contributed by atoms with E-state index in [2.05, 4.69) is 46.4 Å². The molecule has 0 aliphatic heterocycles. The van der Waals surface area contributed by atoms with Crippen LogP contribution in [0.4, 0.5) is 0 Å². The van der Waals surface area contributed by atoms with Crippen molar-refractivity contribution in [3.05, 3.63) is 56.2 Å². The lowest BCUT2D eigenvalue weighted by Crippen LogP contribution is -2.33. The van der Waals surface area contributed by atoms with E-state index >= 15 is 0 Å². The van der Waals surface area contributed by atoms with Crippen molar-refractivity contribution in [2.24, 2.45) is 0 Å². The van der Waals surface area contributed by atoms with Crippen LogP contribution in [0.3, 0.4) is 0 Å². The molecule has 0 saturated heterocycles. The zero-order valence-corrected chi connectivity index (χ0v) is 13.3. The van der Waals surface area contributed by atoms with Crippen molar-refractivity contribution >= 4 is 27.3 Å². The number of hydrogen-bond acceptors (Lipinski definition) is 3. The molecule has 0 aliphatic carbocycles. The smallest absolute Gasteiger partial charge is 0.0587 e. The zero-order valence-electron chi connectivity index (χ0n) is 10.9. The van der Waals surface area contributed by atoms with Gasteiger partial charge in [-0.2, -0.15) is 0 Å². The number of nitrogens with one attached hydrogen (secondary N) is 1. The molecular weight excluding hydrogens is 322 g/mol. The van der Waals surface area contributed by atoms with Crippen LogP contribution in [0.1, 0.15) is 15.3 Å². The molecule has 0 bridgehead atoms. The molecule has 1 heterocycles. The van der Waals surface area contributed by atoms with Crippen molar-refractivity contribution in [2.45, 2.75) is 25.9 Å². The van der Waals surface area contributed by atoms with Gasteiger partial charge in [0.05, 0.1) is 6.61 Å². The molecule has 1 aromatic carbocycles. The average Bonchev–Trinajstić information content (AvgIpc) is 2.75. The van der Waals surface area contributed by atoms with Gasteiger partial charge in [0.2, 0.25) is 0 Å². The summed E-state index contributed by atoms with van der Waals surface area (Å²) in [5.41, 5.74) is 1.25. The van der Waals surface area contributed by atoms with Gasteiger partial charge in [0.25, 0.3) is 0 Å². The summed E-state index contributed by atoms with van der Waals surface area (Å²) in [6.45, 7) is 3.06. The number of rotatable bonds is 6. The lowest BCUT2D eigenvalue weighted by Gasteiger charge is -2.15. The van der Waals surface area contributed by atoms with E-state index in [0.29, 0.717) is 0 Å². The lowest BCUT2D eigenvalue weighted by atomic mass is 10.1. The SMILES string of the molecule is Cc1sc(CN[C@H](CO)Cc2ccccc2)cc1Br. The summed E-state index contributed by atoms with van der Waals surface area (Å²) in [4.78, 5) is 2.58. The minimum absolute atomic E-state index is 0.101. The van der Waals surface area contributed by atoms with Gasteiger partial charge in [-0.1, -0.05) is 30.3 Å². The molecule has 2 rings (SSSR count). The van der Waals surface area contributed by atoms with E-state index in [1.807, 2.05) is 18.2 Å². The molecular formula is C15H18BrNOS. The van der Waals surface area contributed by atoms with Crippen molar-refractivity contribution < 1.29 is 5.11 Å². The topological polar surface area (TPSA) is 32.3 Å². The predicted molar refractivity (Wildman–Crippen MR) is 84.6 cm³/mol. The minimum atomic E-state index is 0.101. The summed E-state index contributed by atoms with van der Waals surface area (Å²) in [5.74, 6) is 0. The second kappa shape index (κ2) is 7.20. The summed E-state index contributed by atoms with van der Waals surface area (Å²) in [6.07, 6.45) is 0.850. The largest absolute Gasteiger partial charge is 0.395 e. The maximum atomic E-state index is 9.46. The molecule has 102 valence electrons. The van der Waals surface area contributed by atoms with Crippen LogP contribution in [0.25, 0.3) is 0 Å². The average molecular weight is 340 g/mol. The summed E-state index contributed by atoms with van der Waals surface area (Å²) < 4.78 is 1.16. The summed E-state index contributed by atoms with van der Waals surface area (Å²) >= 11 is 5.31. The fourth-order valence-electron chi connectivity index (χ4n) is 1.95. The lowest BCUT2D eigenvalue weighted by molar-refractivity contribution is 0.241. The molecule has 0 amide bonds. The molecule has 2 N–H and O–H groups in total. The van der Waals surface area contributed by atoms with Gasteiger partial charge >= 0.3 is 0 Å². The molecule has 2 nitrogen and oxygen atoms in total. The van der Waals surface area contributed by atoms with Gasteiger partial charge in [-0.3, -0.25) is 0 Å². The predicted octanol–water partition coefficient (Wildman–Crippen LogP) is 3.51. The Bertz CT molecular complexity index is 493. The third-order valence-corrected chi connectivity index (χ3v) is 5.16. The fraction of sp³-hybridized carbons (Fsp3) is 0.333. The molecule has 0 spiro atoms. The van der Waals surface area contributed by atoms with Crippen LogP contribution in [0.15, 0.2) is 40.9 Å². The highest BCUT2D eigenvalue weighted by Crippen LogP contribution is 2.26. The van der Waals surface area contributed by atoms with E-state index in [0.717, 1.165) is 17.4 Å². The van der Waals surface area contributed by atoms with Gasteiger partial charge < -0.3 is 10.4 Å². The Morgan fingerprint density at radius 1 is 1.32 bits per heavy atom. The quantitative estimate of drug-likeness (QED) is 0.843. The molecule has 4 heteroatoms. The van der Waals surface area contributed by atoms with Crippen molar-refractivity contribution in [3.63, 3.8) is 0 Å². The maximum Gasteiger partial charge on any atom is 0.0587 e. The summed E-state index contributed by atoms with van der Waals surface area (Å²) in [6, 6.07) is 12.5. The molecule has 1 atom stereocenters. The first-order valence-electron chi connectivity index (χ1n) is 6.32. The van der Waals surface area contributed by atoms with Gasteiger partial charge in [-0.15, -0.1) is 11.3 Å². The highest BCUT2D eigenvalue weighted by atomic mass is 79.9. The first-order valence-corrected chi connectivity index (χ1v) is 7.93. The summed E-state index contributed by atoms with van der Waals surface area (Å²) in [5, 5.41) is 12.9. The first-order chi connectivity index (χ1) is 9.19. The van der Waals surface area contributed by atoms with Gasteiger partial charge in [0.1, 0.15) is 0 Å². The van der Waals surface area contributed by atoms with Crippen LogP contribution >= 0.6 is 27.3 Å². The monoisotopic (exact) mass is 339 g/mol. The zero-order chi connectivity index (χ0) is 13.7. The normalized spacial score (nSPS) is 12.6. The molecule has 0 aliphatic rings. The van der Waals surface area contributed by atoms with Gasteiger partial charge in [0, 0.05) is 26.8 Å². The molecule has 0 unspecified atom stereocenters. The van der Waals surface area contributed by atoms with E-state index in [-0.39, 0.29) is 12.6 Å². The van der Waals surface area contributed by atoms with Crippen LogP contribution in [-0.4, -0.2) is 17.8 Å². The summed E-state index contributed by atoms with van der Waals surface area (Å²) in [7, 11) is 0. The molecule has 19 heavy (non-hydrogen) atoms. The number of benzene rings is 1. The first kappa shape index (κ1) is 14.7. The Morgan fingerprint density at radius 2 is 2.05 bits per heavy atom. The highest BCUT2D eigenvalue weighted by molar-refractivity contribution is 9.10. The van der Waals surface area contributed by atoms with E-state index in [1.165, 1.54) is 15.3 Å². The van der Waals surface area contributed by atoms with E-state index in [9.17, 15) is 5.11 Å². The van der Waals surface area contributed by atoms with Crippen molar-refractivity contribution in [1.82, 2.24) is 5.32 Å². The van der Waals surface area contributed by atoms with Crippen LogP contribution in [0, 0.1) is 6.92 Å². The molecule has 1 aromatic heterocycles. The third-order valence-electron chi connectivity index (χ3n) is 3.02. The Kier molecular flexibility index (Phi) is 5.58. The van der Waals surface area contributed by atoms with Crippen LogP contribution in [0.5, 0.6) is 0 Å². The van der Waals surface area contributed by atoms with Crippen molar-refractivity contribution in [3.8, 4) is 0 Å². The Morgan fingerprint density at radius 3 is 2.63 bits per heavy atom. The van der Waals surface area contributed by atoms with Crippen LogP contribution in [-0.2, 0) is 13.0 Å². The number of aliphatic hydroxyl groups excluding tert-OH is 1. The molecule has 0 saturated carbocycles. The van der Waals surface area contributed by atoms with E-state index < -0.39 is 0 Å². The fourth-order valence-corrected chi connectivity index (χ4v) is 3.50. The standard InChI is InChI=1S/C15H18BrNOS/c1-11-15(16)8-14(19-11)9-17-13(10-18)7-12-5-3-2-4-6-12/h2-6,8,13,17-18H,7,9-10H2,1H3/t13-/m0/s1. The number of aryl methyl sites for hydroxylation is 1. The minimum Gasteiger partial charge on any atom is -0.395 e. The number of halogens is 1. The van der Waals surface area contributed by atoms with E-state index in [1.54, 1.807) is 11.3 Å². The number of aliphatic hydroxyl groups is 1. The highest BCUT2D eigenvalue weighted by Gasteiger charge is 2.09. The van der Waals surface area contributed by atoms with Gasteiger partial charge in [-0.05, 0) is 40.9 Å². The van der Waals surface area contributed by atoms with Gasteiger partial charge in [-0.25, -0.2) is 0 Å². The molecule has 0 radical (unpaired) electrons. The van der Waals surface area contributed by atoms with E-state index in [4.69, 9.17) is 0 Å². The molecule has 2 aromatic rings. The Balaban J connectivity index is 1.89.